The largest absolute Gasteiger partial charge is 0.383 e. The van der Waals surface area contributed by atoms with E-state index in [0.29, 0.717) is 11.1 Å². The number of benzene rings is 1. The Morgan fingerprint density at radius 1 is 1.21 bits per heavy atom. The van der Waals surface area contributed by atoms with Gasteiger partial charge in [-0.05, 0) is 29.8 Å². The summed E-state index contributed by atoms with van der Waals surface area (Å²) < 4.78 is 0. The number of ketones is 1. The molecule has 0 spiro atoms. The van der Waals surface area contributed by atoms with E-state index in [2.05, 4.69) is 38.2 Å². The molecule has 2 aromatic heterocycles. The molecule has 1 aliphatic heterocycles. The molecule has 1 saturated heterocycles. The molecule has 152 valence electrons. The van der Waals surface area contributed by atoms with Crippen molar-refractivity contribution in [2.45, 2.75) is 6.04 Å². The predicted octanol–water partition coefficient (Wildman–Crippen LogP) is 3.41. The van der Waals surface area contributed by atoms with Gasteiger partial charge in [0.25, 0.3) is 0 Å². The van der Waals surface area contributed by atoms with E-state index in [9.17, 15) is 4.79 Å². The van der Waals surface area contributed by atoms with Crippen LogP contribution in [0.2, 0.25) is 0 Å². The van der Waals surface area contributed by atoms with Crippen molar-refractivity contribution >= 4 is 17.4 Å². The maximum atomic E-state index is 13.1. The first-order valence-electron chi connectivity index (χ1n) is 9.43. The van der Waals surface area contributed by atoms with Crippen LogP contribution in [0.15, 0.2) is 60.8 Å². The molecule has 6 heteroatoms. The quantitative estimate of drug-likeness (QED) is 0.524. The second-order valence-electron chi connectivity index (χ2n) is 6.84. The third-order valence-corrected chi connectivity index (χ3v) is 5.04. The van der Waals surface area contributed by atoms with E-state index in [4.69, 9.17) is 12.2 Å². The monoisotopic (exact) mass is 391 g/mol. The molecule has 0 amide bonds. The number of nitrogen functional groups attached to an aromatic ring is 1. The van der Waals surface area contributed by atoms with Crippen molar-refractivity contribution in [2.24, 2.45) is 0 Å². The number of pyridine rings is 2. The minimum absolute atomic E-state index is 0. The van der Waals surface area contributed by atoms with Gasteiger partial charge in [-0.25, -0.2) is 9.97 Å². The topological polar surface area (TPSA) is 84.1 Å². The van der Waals surface area contributed by atoms with Crippen molar-refractivity contribution in [1.82, 2.24) is 15.3 Å². The lowest BCUT2D eigenvalue weighted by molar-refractivity contribution is 0.103. The Morgan fingerprint density at radius 3 is 2.79 bits per heavy atom. The van der Waals surface area contributed by atoms with Gasteiger partial charge in [0.1, 0.15) is 17.3 Å². The van der Waals surface area contributed by atoms with Crippen LogP contribution < -0.4 is 16.0 Å². The summed E-state index contributed by atoms with van der Waals surface area (Å²) in [5.74, 6) is 3.12. The fourth-order valence-corrected chi connectivity index (χ4v) is 3.52. The molecule has 1 atom stereocenters. The van der Waals surface area contributed by atoms with E-state index < -0.39 is 0 Å². The zero-order chi connectivity index (χ0) is 20.2. The lowest BCUT2D eigenvalue weighted by Gasteiger charge is -2.35. The van der Waals surface area contributed by atoms with Crippen LogP contribution in [0.1, 0.15) is 38.9 Å². The number of rotatable bonds is 4. The van der Waals surface area contributed by atoms with Gasteiger partial charge in [-0.2, -0.15) is 0 Å². The number of carbonyl (C=O) groups excluding carboxylic acids is 1. The van der Waals surface area contributed by atoms with Gasteiger partial charge in [-0.3, -0.25) is 4.79 Å². The number of nitrogens with zero attached hydrogens (tertiary/aromatic N) is 3. The molecule has 3 heterocycles. The first-order chi connectivity index (χ1) is 14.2. The fraction of sp³-hybridized carbons (Fsp3) is 0.174. The summed E-state index contributed by atoms with van der Waals surface area (Å²) in [5.41, 5.74) is 8.07. The number of anilines is 2. The zero-order valence-corrected chi connectivity index (χ0v) is 15.9. The van der Waals surface area contributed by atoms with Gasteiger partial charge in [0.2, 0.25) is 5.78 Å². The Balaban J connectivity index is 0.00000256. The van der Waals surface area contributed by atoms with E-state index in [0.717, 1.165) is 25.5 Å². The lowest BCUT2D eigenvalue weighted by Crippen LogP contribution is -2.46. The van der Waals surface area contributed by atoms with Crippen LogP contribution in [0.5, 0.6) is 0 Å². The molecule has 1 aliphatic rings. The van der Waals surface area contributed by atoms with Crippen molar-refractivity contribution in [3.8, 4) is 12.3 Å². The van der Waals surface area contributed by atoms with Gasteiger partial charge in [-0.15, -0.1) is 6.42 Å². The van der Waals surface area contributed by atoms with Crippen LogP contribution in [-0.2, 0) is 0 Å². The molecule has 0 aliphatic carbocycles. The van der Waals surface area contributed by atoms with Crippen LogP contribution in [0.25, 0.3) is 0 Å². The number of nitrogens with two attached hydrogens (primary N) is 1. The zero-order valence-electron chi connectivity index (χ0n) is 15.9. The molecule has 0 radical (unpaired) electrons. The first kappa shape index (κ1) is 18.7. The van der Waals surface area contributed by atoms with Crippen LogP contribution in [0.3, 0.4) is 0 Å². The standard InChI is InChI=1S/C23H21N5O.4H2/c1-2-16-10-11-20(27-21(16)22(29)18-9-6-12-26-23(18)24)28-14-13-25-19(15-28)17-7-4-3-5-8-17;;;;/h1,3-12,19,25H,13-15H2,(H2,24,26);4*1H. The molecule has 3 N–H and O–H groups in total. The van der Waals surface area contributed by atoms with Gasteiger partial charge >= 0.3 is 0 Å². The minimum Gasteiger partial charge on any atom is -0.383 e. The normalized spacial score (nSPS) is 16.2. The van der Waals surface area contributed by atoms with Crippen LogP contribution in [0.4, 0.5) is 11.6 Å². The van der Waals surface area contributed by atoms with Crippen molar-refractivity contribution in [3.63, 3.8) is 0 Å². The van der Waals surface area contributed by atoms with Crippen molar-refractivity contribution in [3.05, 3.63) is 83.2 Å². The molecule has 1 unspecified atom stereocenters. The first-order valence-corrected chi connectivity index (χ1v) is 9.43. The lowest BCUT2D eigenvalue weighted by atomic mass is 10.0. The van der Waals surface area contributed by atoms with E-state index in [1.165, 1.54) is 5.56 Å². The number of aromatic nitrogens is 2. The second kappa shape index (κ2) is 8.13. The van der Waals surface area contributed by atoms with Crippen LogP contribution in [-0.4, -0.2) is 35.4 Å². The molecular weight excluding hydrogens is 362 g/mol. The van der Waals surface area contributed by atoms with Crippen molar-refractivity contribution in [2.75, 3.05) is 30.3 Å². The maximum Gasteiger partial charge on any atom is 0.216 e. The summed E-state index contributed by atoms with van der Waals surface area (Å²) in [7, 11) is 0. The van der Waals surface area contributed by atoms with Crippen LogP contribution >= 0.6 is 0 Å². The number of carbonyl (C=O) groups is 1. The summed E-state index contributed by atoms with van der Waals surface area (Å²) in [6, 6.07) is 17.4. The SMILES string of the molecule is C#Cc1ccc(N2CCNC(c3ccccc3)C2)nc1C(=O)c1cccnc1N.[HH].[HH].[HH].[HH]. The molecule has 1 aromatic carbocycles. The number of hydrogen-bond donors (Lipinski definition) is 2. The Kier molecular flexibility index (Phi) is 5.23. The summed E-state index contributed by atoms with van der Waals surface area (Å²) in [6.07, 6.45) is 7.16. The molecule has 3 aromatic rings. The van der Waals surface area contributed by atoms with E-state index in [-0.39, 0.29) is 29.0 Å². The van der Waals surface area contributed by atoms with E-state index >= 15 is 0 Å². The summed E-state index contributed by atoms with van der Waals surface area (Å²) in [5, 5.41) is 3.53. The highest BCUT2D eigenvalue weighted by Gasteiger charge is 2.24. The molecule has 0 bridgehead atoms. The average molecular weight is 392 g/mol. The molecule has 0 saturated carbocycles. The van der Waals surface area contributed by atoms with Crippen LogP contribution in [0, 0.1) is 12.3 Å². The minimum atomic E-state index is -0.319. The van der Waals surface area contributed by atoms with Gasteiger partial charge in [0.15, 0.2) is 0 Å². The molecule has 4 rings (SSSR count). The smallest absolute Gasteiger partial charge is 0.216 e. The Bertz CT molecular complexity index is 1090. The predicted molar refractivity (Wildman–Crippen MR) is 122 cm³/mol. The van der Waals surface area contributed by atoms with Gasteiger partial charge < -0.3 is 16.0 Å². The highest BCUT2D eigenvalue weighted by molar-refractivity contribution is 6.11. The Hall–Kier alpha value is -3.69. The third-order valence-electron chi connectivity index (χ3n) is 5.04. The number of terminal acetylenes is 1. The van der Waals surface area contributed by atoms with Gasteiger partial charge in [-0.1, -0.05) is 36.3 Å². The summed E-state index contributed by atoms with van der Waals surface area (Å²) in [4.78, 5) is 23.9. The molecule has 29 heavy (non-hydrogen) atoms. The average Bonchev–Trinajstić information content (AvgIpc) is 2.79. The second-order valence-corrected chi connectivity index (χ2v) is 6.84. The van der Waals surface area contributed by atoms with Crippen molar-refractivity contribution in [1.29, 1.82) is 0 Å². The fourth-order valence-electron chi connectivity index (χ4n) is 3.52. The molecule has 6 nitrogen and oxygen atoms in total. The van der Waals surface area contributed by atoms with Gasteiger partial charge in [0, 0.05) is 37.6 Å². The highest BCUT2D eigenvalue weighted by Crippen LogP contribution is 2.24. The number of piperazine rings is 1. The number of nitrogens with one attached hydrogen (secondary N) is 1. The number of hydrogen-bond acceptors (Lipinski definition) is 6. The van der Waals surface area contributed by atoms with E-state index in [1.54, 1.807) is 24.4 Å². The Morgan fingerprint density at radius 2 is 2.03 bits per heavy atom. The molecule has 1 fully saturated rings. The summed E-state index contributed by atoms with van der Waals surface area (Å²) >= 11 is 0. The maximum absolute atomic E-state index is 13.1. The molecular formula is C23H29N5O. The Labute approximate surface area is 175 Å². The van der Waals surface area contributed by atoms with Gasteiger partial charge in [0.05, 0.1) is 11.1 Å². The summed E-state index contributed by atoms with van der Waals surface area (Å²) in [6.45, 7) is 2.35. The highest BCUT2D eigenvalue weighted by atomic mass is 16.1. The third kappa shape index (κ3) is 3.82. The van der Waals surface area contributed by atoms with Crippen molar-refractivity contribution < 1.29 is 10.5 Å². The van der Waals surface area contributed by atoms with E-state index in [1.807, 2.05) is 24.3 Å².